The Balaban J connectivity index is 2.21. The van der Waals surface area contributed by atoms with E-state index in [0.29, 0.717) is 0 Å². The van der Waals surface area contributed by atoms with Gasteiger partial charge in [-0.05, 0) is 45.6 Å². The molecule has 0 spiro atoms. The van der Waals surface area contributed by atoms with Crippen LogP contribution in [0.25, 0.3) is 0 Å². The van der Waals surface area contributed by atoms with Gasteiger partial charge in [0, 0.05) is 13.1 Å². The molecule has 1 aromatic rings. The van der Waals surface area contributed by atoms with Gasteiger partial charge in [-0.3, -0.25) is 4.90 Å². The van der Waals surface area contributed by atoms with Crippen LogP contribution in [-0.2, 0) is 4.74 Å². The van der Waals surface area contributed by atoms with Crippen molar-refractivity contribution in [2.24, 2.45) is 0 Å². The number of morpholine rings is 1. The Morgan fingerprint density at radius 1 is 1.45 bits per heavy atom. The summed E-state index contributed by atoms with van der Waals surface area (Å²) in [5.41, 5.74) is 1.26. The molecule has 1 N–H and O–H groups in total. The van der Waals surface area contributed by atoms with Crippen LogP contribution in [0.4, 0.5) is 0 Å². The summed E-state index contributed by atoms with van der Waals surface area (Å²) >= 11 is 0. The fourth-order valence-corrected chi connectivity index (χ4v) is 2.75. The zero-order valence-corrected chi connectivity index (χ0v) is 12.9. The fourth-order valence-electron chi connectivity index (χ4n) is 2.75. The molecular weight excluding hydrogens is 252 g/mol. The Kier molecular flexibility index (Phi) is 5.40. The highest BCUT2D eigenvalue weighted by Gasteiger charge is 2.31. The number of hydrogen-bond acceptors (Lipinski definition) is 4. The summed E-state index contributed by atoms with van der Waals surface area (Å²) in [4.78, 5) is 2.36. The lowest BCUT2D eigenvalue weighted by molar-refractivity contribution is -0.0606. The minimum absolute atomic E-state index is 0.174. The molecule has 4 nitrogen and oxygen atoms in total. The summed E-state index contributed by atoms with van der Waals surface area (Å²) in [5.74, 6) is 0.930. The van der Waals surface area contributed by atoms with Gasteiger partial charge in [0.05, 0.1) is 24.9 Å². The van der Waals surface area contributed by atoms with E-state index in [1.54, 1.807) is 0 Å². The Bertz CT molecular complexity index is 421. The largest absolute Gasteiger partial charge is 0.491 e. The lowest BCUT2D eigenvalue weighted by Gasteiger charge is -2.39. The molecule has 0 aliphatic carbocycles. The number of rotatable bonds is 5. The summed E-state index contributed by atoms with van der Waals surface area (Å²) in [5, 5.41) is 3.22. The Hall–Kier alpha value is -1.10. The lowest BCUT2D eigenvalue weighted by Crippen LogP contribution is -2.46. The zero-order valence-electron chi connectivity index (χ0n) is 12.9. The smallest absolute Gasteiger partial charge is 0.120 e. The van der Waals surface area contributed by atoms with Gasteiger partial charge in [0.2, 0.25) is 0 Å². The second-order valence-electron chi connectivity index (χ2n) is 5.63. The first-order chi connectivity index (χ1) is 9.61. The average molecular weight is 278 g/mol. The van der Waals surface area contributed by atoms with E-state index >= 15 is 0 Å². The maximum Gasteiger partial charge on any atom is 0.120 e. The summed E-state index contributed by atoms with van der Waals surface area (Å²) in [6.45, 7) is 6.70. The molecule has 112 valence electrons. The minimum atomic E-state index is 0.174. The van der Waals surface area contributed by atoms with Crippen molar-refractivity contribution in [1.82, 2.24) is 10.2 Å². The molecule has 1 fully saturated rings. The third-order valence-electron chi connectivity index (χ3n) is 3.58. The Labute approximate surface area is 122 Å². The van der Waals surface area contributed by atoms with Crippen LogP contribution in [-0.4, -0.2) is 50.9 Å². The van der Waals surface area contributed by atoms with Crippen LogP contribution in [0.1, 0.15) is 25.5 Å². The fraction of sp³-hybridized carbons (Fsp3) is 0.625. The number of likely N-dealkylation sites (N-methyl/N-ethyl adjacent to an activating group) is 2. The van der Waals surface area contributed by atoms with Crippen LogP contribution in [0.5, 0.6) is 5.75 Å². The van der Waals surface area contributed by atoms with Crippen molar-refractivity contribution < 1.29 is 9.47 Å². The summed E-state index contributed by atoms with van der Waals surface area (Å²) in [6, 6.07) is 8.64. The number of nitrogens with one attached hydrogen (secondary N) is 1. The van der Waals surface area contributed by atoms with Crippen LogP contribution < -0.4 is 10.1 Å². The Morgan fingerprint density at radius 2 is 2.25 bits per heavy atom. The molecule has 2 atom stereocenters. The maximum atomic E-state index is 5.93. The van der Waals surface area contributed by atoms with Crippen molar-refractivity contribution in [2.75, 3.05) is 33.8 Å². The molecule has 20 heavy (non-hydrogen) atoms. The number of benzene rings is 1. The first kappa shape index (κ1) is 15.3. The van der Waals surface area contributed by atoms with Crippen LogP contribution in [0.15, 0.2) is 24.3 Å². The van der Waals surface area contributed by atoms with Gasteiger partial charge in [-0.25, -0.2) is 0 Å². The molecule has 2 rings (SSSR count). The molecule has 1 aliphatic heterocycles. The van der Waals surface area contributed by atoms with Crippen molar-refractivity contribution in [3.63, 3.8) is 0 Å². The Morgan fingerprint density at radius 3 is 2.95 bits per heavy atom. The number of hydrogen-bond donors (Lipinski definition) is 1. The van der Waals surface area contributed by atoms with Gasteiger partial charge < -0.3 is 14.8 Å². The van der Waals surface area contributed by atoms with Crippen LogP contribution in [0.2, 0.25) is 0 Å². The van der Waals surface area contributed by atoms with Gasteiger partial charge in [-0.2, -0.15) is 0 Å². The van der Waals surface area contributed by atoms with Crippen LogP contribution in [0, 0.1) is 0 Å². The highest BCUT2D eigenvalue weighted by atomic mass is 16.5. The van der Waals surface area contributed by atoms with Gasteiger partial charge in [0.1, 0.15) is 5.75 Å². The maximum absolute atomic E-state index is 5.93. The summed E-state index contributed by atoms with van der Waals surface area (Å²) in [6.07, 6.45) is 0.367. The quantitative estimate of drug-likeness (QED) is 0.894. The number of ether oxygens (including phenoxy) is 2. The van der Waals surface area contributed by atoms with E-state index in [-0.39, 0.29) is 18.2 Å². The molecule has 1 aliphatic rings. The lowest BCUT2D eigenvalue weighted by atomic mass is 9.98. The first-order valence-electron chi connectivity index (χ1n) is 7.35. The minimum Gasteiger partial charge on any atom is -0.491 e. The molecule has 1 saturated heterocycles. The van der Waals surface area contributed by atoms with Crippen molar-refractivity contribution in [2.45, 2.75) is 32.1 Å². The van der Waals surface area contributed by atoms with Gasteiger partial charge >= 0.3 is 0 Å². The van der Waals surface area contributed by atoms with Crippen LogP contribution >= 0.6 is 0 Å². The molecule has 0 bridgehead atoms. The van der Waals surface area contributed by atoms with E-state index < -0.39 is 0 Å². The van der Waals surface area contributed by atoms with Crippen molar-refractivity contribution >= 4 is 0 Å². The van der Waals surface area contributed by atoms with Gasteiger partial charge in [0.15, 0.2) is 0 Å². The van der Waals surface area contributed by atoms with E-state index in [1.807, 2.05) is 27.0 Å². The van der Waals surface area contributed by atoms with E-state index in [9.17, 15) is 0 Å². The van der Waals surface area contributed by atoms with Crippen molar-refractivity contribution in [3.05, 3.63) is 29.8 Å². The second-order valence-corrected chi connectivity index (χ2v) is 5.63. The van der Waals surface area contributed by atoms with E-state index in [2.05, 4.69) is 35.5 Å². The van der Waals surface area contributed by atoms with E-state index in [4.69, 9.17) is 9.47 Å². The second kappa shape index (κ2) is 7.07. The molecule has 2 unspecified atom stereocenters. The highest BCUT2D eigenvalue weighted by molar-refractivity contribution is 5.31. The monoisotopic (exact) mass is 278 g/mol. The topological polar surface area (TPSA) is 33.7 Å². The third kappa shape index (κ3) is 3.72. The van der Waals surface area contributed by atoms with Gasteiger partial charge in [-0.1, -0.05) is 12.1 Å². The third-order valence-corrected chi connectivity index (χ3v) is 3.58. The predicted molar refractivity (Wildman–Crippen MR) is 81.2 cm³/mol. The molecule has 0 radical (unpaired) electrons. The predicted octanol–water partition coefficient (Wildman–Crippen LogP) is 2.06. The SMILES string of the molecule is CNCC1OCCN(C)C1c1cccc(OC(C)C)c1. The van der Waals surface area contributed by atoms with E-state index in [0.717, 1.165) is 25.4 Å². The normalized spacial score (nSPS) is 24.1. The summed E-state index contributed by atoms with van der Waals surface area (Å²) < 4.78 is 11.7. The molecule has 0 aromatic heterocycles. The van der Waals surface area contributed by atoms with E-state index in [1.165, 1.54) is 5.56 Å². The molecule has 1 aromatic carbocycles. The summed E-state index contributed by atoms with van der Waals surface area (Å²) in [7, 11) is 4.12. The van der Waals surface area contributed by atoms with Crippen molar-refractivity contribution in [1.29, 1.82) is 0 Å². The van der Waals surface area contributed by atoms with Gasteiger partial charge in [0.25, 0.3) is 0 Å². The molecular formula is C16H26N2O2. The highest BCUT2D eigenvalue weighted by Crippen LogP contribution is 2.30. The van der Waals surface area contributed by atoms with Crippen molar-refractivity contribution in [3.8, 4) is 5.75 Å². The van der Waals surface area contributed by atoms with Crippen LogP contribution in [0.3, 0.4) is 0 Å². The zero-order chi connectivity index (χ0) is 14.5. The van der Waals surface area contributed by atoms with Gasteiger partial charge in [-0.15, -0.1) is 0 Å². The molecule has 1 heterocycles. The first-order valence-corrected chi connectivity index (χ1v) is 7.35. The molecule has 0 amide bonds. The average Bonchev–Trinajstić information content (AvgIpc) is 2.38. The number of nitrogens with zero attached hydrogens (tertiary/aromatic N) is 1. The molecule has 0 saturated carbocycles. The molecule has 4 heteroatoms. The standard InChI is InChI=1S/C16H26N2O2/c1-12(2)20-14-7-5-6-13(10-14)16-15(11-17-3)19-9-8-18(16)4/h5-7,10,12,15-17H,8-9,11H2,1-4H3.